The van der Waals surface area contributed by atoms with E-state index in [4.69, 9.17) is 4.74 Å². The van der Waals surface area contributed by atoms with Gasteiger partial charge in [-0.25, -0.2) is 4.39 Å². The highest BCUT2D eigenvalue weighted by Gasteiger charge is 2.32. The number of hydrogen-bond donors (Lipinski definition) is 0. The lowest BCUT2D eigenvalue weighted by molar-refractivity contribution is 0.171. The van der Waals surface area contributed by atoms with Crippen LogP contribution >= 0.6 is 0 Å². The molecule has 0 amide bonds. The summed E-state index contributed by atoms with van der Waals surface area (Å²) < 4.78 is 59.2. The van der Waals surface area contributed by atoms with E-state index in [1.807, 2.05) is 0 Å². The molecular formula is C7H4BF4O2-. The standard InChI is InChI=1S/C7H4BF4O2/c9-6-4(8(10,11)12)1-2-5-7(6)14-3-13-5/h1-2H,3H2/q-1. The van der Waals surface area contributed by atoms with Gasteiger partial charge in [-0.3, -0.25) is 0 Å². The minimum Gasteiger partial charge on any atom is -0.453 e. The van der Waals surface area contributed by atoms with Gasteiger partial charge in [0.05, 0.1) is 0 Å². The van der Waals surface area contributed by atoms with Crippen molar-refractivity contribution in [3.63, 3.8) is 0 Å². The lowest BCUT2D eigenvalue weighted by Gasteiger charge is -2.16. The maximum Gasteiger partial charge on any atom is 0.512 e. The number of rotatable bonds is 1. The van der Waals surface area contributed by atoms with Gasteiger partial charge < -0.3 is 22.4 Å². The zero-order valence-electron chi connectivity index (χ0n) is 6.77. The monoisotopic (exact) mass is 207 g/mol. The van der Waals surface area contributed by atoms with Gasteiger partial charge in [0, 0.05) is 0 Å². The summed E-state index contributed by atoms with van der Waals surface area (Å²) in [5.74, 6) is -1.85. The molecule has 0 radical (unpaired) electrons. The van der Waals surface area contributed by atoms with Crippen molar-refractivity contribution in [3.8, 4) is 11.5 Å². The number of fused-ring (bicyclic) bond motifs is 1. The topological polar surface area (TPSA) is 18.5 Å². The van der Waals surface area contributed by atoms with Gasteiger partial charge in [0.2, 0.25) is 6.79 Å². The average Bonchev–Trinajstić information content (AvgIpc) is 2.50. The van der Waals surface area contributed by atoms with Gasteiger partial charge in [-0.15, -0.1) is 0 Å². The molecule has 1 heterocycles. The highest BCUT2D eigenvalue weighted by Crippen LogP contribution is 2.34. The summed E-state index contributed by atoms with van der Waals surface area (Å²) in [6.45, 7) is -5.60. The first-order valence-corrected chi connectivity index (χ1v) is 3.78. The van der Waals surface area contributed by atoms with Crippen molar-refractivity contribution in [2.75, 3.05) is 6.79 Å². The predicted molar refractivity (Wildman–Crippen MR) is 41.2 cm³/mol. The summed E-state index contributed by atoms with van der Waals surface area (Å²) in [5, 5.41) is 0. The van der Waals surface area contributed by atoms with Crippen LogP contribution in [-0.4, -0.2) is 13.8 Å². The molecule has 0 atom stereocenters. The van der Waals surface area contributed by atoms with Crippen LogP contribution in [0.3, 0.4) is 0 Å². The zero-order chi connectivity index (χ0) is 10.3. The van der Waals surface area contributed by atoms with Crippen molar-refractivity contribution in [3.05, 3.63) is 17.9 Å². The third kappa shape index (κ3) is 1.28. The first-order valence-electron chi connectivity index (χ1n) is 3.78. The molecular weight excluding hydrogens is 203 g/mol. The normalized spacial score (nSPS) is 14.6. The third-order valence-electron chi connectivity index (χ3n) is 1.86. The van der Waals surface area contributed by atoms with Gasteiger partial charge in [0.15, 0.2) is 11.5 Å². The van der Waals surface area contributed by atoms with E-state index < -0.39 is 24.0 Å². The molecule has 1 aliphatic heterocycles. The lowest BCUT2D eigenvalue weighted by Crippen LogP contribution is -2.36. The van der Waals surface area contributed by atoms with Gasteiger partial charge >= 0.3 is 6.98 Å². The maximum atomic E-state index is 13.2. The van der Waals surface area contributed by atoms with Crippen LogP contribution in [0.4, 0.5) is 17.3 Å². The molecule has 0 unspecified atom stereocenters. The van der Waals surface area contributed by atoms with Crippen molar-refractivity contribution < 1.29 is 26.8 Å². The van der Waals surface area contributed by atoms with Gasteiger partial charge in [-0.1, -0.05) is 11.5 Å². The van der Waals surface area contributed by atoms with E-state index >= 15 is 0 Å². The Balaban J connectivity index is 2.56. The van der Waals surface area contributed by atoms with Gasteiger partial charge in [-0.2, -0.15) is 0 Å². The summed E-state index contributed by atoms with van der Waals surface area (Å²) in [7, 11) is 0. The Labute approximate surface area is 76.5 Å². The van der Waals surface area contributed by atoms with Crippen LogP contribution in [0.15, 0.2) is 12.1 Å². The van der Waals surface area contributed by atoms with E-state index in [0.29, 0.717) is 6.07 Å². The molecule has 0 saturated heterocycles. The minimum atomic E-state index is -5.35. The van der Waals surface area contributed by atoms with E-state index in [9.17, 15) is 17.3 Å². The molecule has 0 aromatic heterocycles. The molecule has 1 aliphatic rings. The fourth-order valence-electron chi connectivity index (χ4n) is 1.21. The van der Waals surface area contributed by atoms with Crippen LogP contribution in [0.2, 0.25) is 0 Å². The maximum absolute atomic E-state index is 13.2. The number of halogens is 4. The number of hydrogen-bond acceptors (Lipinski definition) is 2. The molecule has 2 rings (SSSR count). The smallest absolute Gasteiger partial charge is 0.453 e. The van der Waals surface area contributed by atoms with E-state index in [1.54, 1.807) is 0 Å². The van der Waals surface area contributed by atoms with Crippen molar-refractivity contribution in [1.82, 2.24) is 0 Å². The predicted octanol–water partition coefficient (Wildman–Crippen LogP) is 1.61. The van der Waals surface area contributed by atoms with Gasteiger partial charge in [-0.05, 0) is 6.07 Å². The van der Waals surface area contributed by atoms with E-state index in [1.165, 1.54) is 0 Å². The molecule has 0 aliphatic carbocycles. The fourth-order valence-corrected chi connectivity index (χ4v) is 1.21. The molecule has 14 heavy (non-hydrogen) atoms. The van der Waals surface area contributed by atoms with Gasteiger partial charge in [0.1, 0.15) is 5.82 Å². The molecule has 0 fully saturated rings. The number of benzene rings is 1. The highest BCUT2D eigenvalue weighted by molar-refractivity contribution is 6.73. The van der Waals surface area contributed by atoms with E-state index in [-0.39, 0.29) is 12.5 Å². The van der Waals surface area contributed by atoms with Crippen LogP contribution in [-0.2, 0) is 0 Å². The molecule has 0 saturated carbocycles. The summed E-state index contributed by atoms with van der Waals surface area (Å²) in [6.07, 6.45) is 0. The van der Waals surface area contributed by atoms with Crippen molar-refractivity contribution in [1.29, 1.82) is 0 Å². The number of ether oxygens (including phenoxy) is 2. The first-order chi connectivity index (χ1) is 6.50. The first kappa shape index (κ1) is 9.17. The molecule has 0 N–H and O–H groups in total. The SMILES string of the molecule is Fc1c([B-](F)(F)F)ccc2c1OCO2. The van der Waals surface area contributed by atoms with Crippen LogP contribution in [0.25, 0.3) is 0 Å². The van der Waals surface area contributed by atoms with Crippen LogP contribution in [0.5, 0.6) is 11.5 Å². The Bertz CT molecular complexity index is 377. The third-order valence-corrected chi connectivity index (χ3v) is 1.86. The van der Waals surface area contributed by atoms with Crippen molar-refractivity contribution >= 4 is 12.4 Å². The second-order valence-electron chi connectivity index (χ2n) is 2.78. The average molecular weight is 207 g/mol. The largest absolute Gasteiger partial charge is 0.512 e. The molecule has 7 heteroatoms. The molecule has 2 nitrogen and oxygen atoms in total. The summed E-state index contributed by atoms with van der Waals surface area (Å²) in [4.78, 5) is 0. The van der Waals surface area contributed by atoms with Crippen LogP contribution in [0, 0.1) is 5.82 Å². The summed E-state index contributed by atoms with van der Waals surface area (Å²) >= 11 is 0. The molecule has 0 spiro atoms. The van der Waals surface area contributed by atoms with Crippen LogP contribution < -0.4 is 14.9 Å². The van der Waals surface area contributed by atoms with Crippen LogP contribution in [0.1, 0.15) is 0 Å². The fraction of sp³-hybridized carbons (Fsp3) is 0.143. The summed E-state index contributed by atoms with van der Waals surface area (Å²) in [6, 6.07) is 1.71. The Morgan fingerprint density at radius 1 is 1.14 bits per heavy atom. The molecule has 0 bridgehead atoms. The van der Waals surface area contributed by atoms with E-state index in [2.05, 4.69) is 4.74 Å². The van der Waals surface area contributed by atoms with Crippen molar-refractivity contribution in [2.24, 2.45) is 0 Å². The Morgan fingerprint density at radius 2 is 1.86 bits per heavy atom. The van der Waals surface area contributed by atoms with E-state index in [0.717, 1.165) is 6.07 Å². The molecule has 76 valence electrons. The second-order valence-corrected chi connectivity index (χ2v) is 2.78. The van der Waals surface area contributed by atoms with Crippen molar-refractivity contribution in [2.45, 2.75) is 0 Å². The highest BCUT2D eigenvalue weighted by atomic mass is 19.4. The summed E-state index contributed by atoms with van der Waals surface area (Å²) in [5.41, 5.74) is -1.28. The molecule has 1 aromatic rings. The minimum absolute atomic E-state index is 0.00583. The Kier molecular flexibility index (Phi) is 1.83. The second kappa shape index (κ2) is 2.80. The van der Waals surface area contributed by atoms with Gasteiger partial charge in [0.25, 0.3) is 0 Å². The zero-order valence-corrected chi connectivity index (χ0v) is 6.77. The Hall–Kier alpha value is -1.40. The Morgan fingerprint density at radius 3 is 2.50 bits per heavy atom. The lowest BCUT2D eigenvalue weighted by atomic mass is 9.79. The quantitative estimate of drug-likeness (QED) is 0.514. The molecule has 1 aromatic carbocycles.